The van der Waals surface area contributed by atoms with Crippen LogP contribution in [-0.4, -0.2) is 10.3 Å². The standard InChI is InChI=1S/C10H14O2S2/c1-8(2)12-14(11,13)10-7-5-4-6-9(10)3/h4-8H,1-3H3. The zero-order valence-corrected chi connectivity index (χ0v) is 10.2. The largest absolute Gasteiger partial charge is 0.284 e. The highest BCUT2D eigenvalue weighted by atomic mass is 32.8. The normalized spacial score (nSPS) is 15.4. The average Bonchev–Trinajstić information content (AvgIpc) is 2.02. The maximum absolute atomic E-state index is 12.0. The number of rotatable bonds is 3. The zero-order chi connectivity index (χ0) is 10.8. The second-order valence-corrected chi connectivity index (χ2v) is 6.22. The Hall–Kier alpha value is -0.450. The van der Waals surface area contributed by atoms with E-state index >= 15 is 0 Å². The number of benzene rings is 1. The molecule has 2 nitrogen and oxygen atoms in total. The second kappa shape index (κ2) is 4.38. The maximum Gasteiger partial charge on any atom is 0.174 e. The van der Waals surface area contributed by atoms with Crippen LogP contribution in [0.3, 0.4) is 0 Å². The minimum Gasteiger partial charge on any atom is -0.284 e. The Morgan fingerprint density at radius 1 is 1.36 bits per heavy atom. The van der Waals surface area contributed by atoms with E-state index in [1.165, 1.54) is 0 Å². The lowest BCUT2D eigenvalue weighted by atomic mass is 10.2. The van der Waals surface area contributed by atoms with Crippen LogP contribution in [0.5, 0.6) is 0 Å². The van der Waals surface area contributed by atoms with Crippen LogP contribution < -0.4 is 0 Å². The van der Waals surface area contributed by atoms with E-state index in [-0.39, 0.29) is 6.10 Å². The summed E-state index contributed by atoms with van der Waals surface area (Å²) in [5.74, 6) is 0. The minimum atomic E-state index is -2.76. The Balaban J connectivity index is 3.11. The smallest absolute Gasteiger partial charge is 0.174 e. The van der Waals surface area contributed by atoms with E-state index in [1.54, 1.807) is 6.07 Å². The number of aryl methyl sites for hydroxylation is 1. The summed E-state index contributed by atoms with van der Waals surface area (Å²) in [7, 11) is -2.76. The fourth-order valence-electron chi connectivity index (χ4n) is 1.14. The van der Waals surface area contributed by atoms with Crippen LogP contribution in [0.2, 0.25) is 0 Å². The van der Waals surface area contributed by atoms with Crippen LogP contribution in [0.15, 0.2) is 29.2 Å². The summed E-state index contributed by atoms with van der Waals surface area (Å²) >= 11 is 4.98. The zero-order valence-electron chi connectivity index (χ0n) is 8.52. The second-order valence-electron chi connectivity index (χ2n) is 3.36. The maximum atomic E-state index is 12.0. The third-order valence-electron chi connectivity index (χ3n) is 1.68. The summed E-state index contributed by atoms with van der Waals surface area (Å²) in [6.45, 7) is 5.53. The first-order valence-corrected chi connectivity index (χ1v) is 6.83. The lowest BCUT2D eigenvalue weighted by Crippen LogP contribution is -2.12. The van der Waals surface area contributed by atoms with Crippen LogP contribution in [0.1, 0.15) is 19.4 Å². The van der Waals surface area contributed by atoms with Gasteiger partial charge in [-0.25, -0.2) is 4.21 Å². The van der Waals surface area contributed by atoms with Crippen molar-refractivity contribution in [2.45, 2.75) is 31.8 Å². The molecule has 1 aromatic rings. The highest BCUT2D eigenvalue weighted by Crippen LogP contribution is 2.18. The van der Waals surface area contributed by atoms with Crippen molar-refractivity contribution in [2.24, 2.45) is 0 Å². The van der Waals surface area contributed by atoms with Crippen LogP contribution in [0.25, 0.3) is 0 Å². The van der Waals surface area contributed by atoms with Crippen molar-refractivity contribution in [3.8, 4) is 0 Å². The van der Waals surface area contributed by atoms with Gasteiger partial charge in [0.15, 0.2) is 8.77 Å². The van der Waals surface area contributed by atoms with E-state index < -0.39 is 8.77 Å². The molecule has 0 saturated carbocycles. The van der Waals surface area contributed by atoms with Gasteiger partial charge in [-0.3, -0.25) is 4.18 Å². The molecule has 0 spiro atoms. The molecule has 78 valence electrons. The molecule has 14 heavy (non-hydrogen) atoms. The van der Waals surface area contributed by atoms with Crippen molar-refractivity contribution in [1.82, 2.24) is 0 Å². The highest BCUT2D eigenvalue weighted by molar-refractivity contribution is 8.30. The van der Waals surface area contributed by atoms with Gasteiger partial charge in [0.2, 0.25) is 0 Å². The summed E-state index contributed by atoms with van der Waals surface area (Å²) in [5, 5.41) is 0. The van der Waals surface area contributed by atoms with Gasteiger partial charge in [-0.1, -0.05) is 18.2 Å². The first-order chi connectivity index (χ1) is 6.43. The first kappa shape index (κ1) is 11.6. The highest BCUT2D eigenvalue weighted by Gasteiger charge is 2.14. The van der Waals surface area contributed by atoms with Gasteiger partial charge in [-0.15, -0.1) is 0 Å². The lowest BCUT2D eigenvalue weighted by Gasteiger charge is -2.12. The monoisotopic (exact) mass is 230 g/mol. The van der Waals surface area contributed by atoms with E-state index in [0.717, 1.165) is 5.56 Å². The molecule has 0 aliphatic heterocycles. The molecule has 0 aliphatic rings. The van der Waals surface area contributed by atoms with Crippen LogP contribution >= 0.6 is 0 Å². The number of hydrogen-bond acceptors (Lipinski definition) is 3. The van der Waals surface area contributed by atoms with Gasteiger partial charge in [0.25, 0.3) is 0 Å². The van der Waals surface area contributed by atoms with E-state index in [2.05, 4.69) is 0 Å². The first-order valence-electron chi connectivity index (χ1n) is 4.42. The molecule has 0 amide bonds. The topological polar surface area (TPSA) is 26.3 Å². The van der Waals surface area contributed by atoms with Crippen LogP contribution in [-0.2, 0) is 24.1 Å². The summed E-state index contributed by atoms with van der Waals surface area (Å²) in [5.41, 5.74) is 0.910. The van der Waals surface area contributed by atoms with Gasteiger partial charge in [0, 0.05) is 11.2 Å². The molecular weight excluding hydrogens is 216 g/mol. The molecule has 1 unspecified atom stereocenters. The molecule has 0 fully saturated rings. The van der Waals surface area contributed by atoms with Crippen molar-refractivity contribution in [1.29, 1.82) is 0 Å². The van der Waals surface area contributed by atoms with Gasteiger partial charge in [-0.2, -0.15) is 0 Å². The van der Waals surface area contributed by atoms with Gasteiger partial charge >= 0.3 is 0 Å². The van der Waals surface area contributed by atoms with Crippen molar-refractivity contribution in [2.75, 3.05) is 0 Å². The molecule has 0 aliphatic carbocycles. The van der Waals surface area contributed by atoms with Crippen molar-refractivity contribution in [3.05, 3.63) is 29.8 Å². The van der Waals surface area contributed by atoms with Crippen molar-refractivity contribution >= 4 is 20.0 Å². The summed E-state index contributed by atoms with van der Waals surface area (Å²) < 4.78 is 17.3. The molecule has 0 bridgehead atoms. The van der Waals surface area contributed by atoms with Gasteiger partial charge in [0.1, 0.15) is 0 Å². The third kappa shape index (κ3) is 2.77. The Kier molecular flexibility index (Phi) is 3.64. The van der Waals surface area contributed by atoms with Gasteiger partial charge in [0.05, 0.1) is 11.0 Å². The van der Waals surface area contributed by atoms with E-state index in [0.29, 0.717) is 4.90 Å². The van der Waals surface area contributed by atoms with Crippen molar-refractivity contribution in [3.63, 3.8) is 0 Å². The lowest BCUT2D eigenvalue weighted by molar-refractivity contribution is 0.268. The third-order valence-corrected chi connectivity index (χ3v) is 4.09. The van der Waals surface area contributed by atoms with E-state index in [1.807, 2.05) is 39.0 Å². The fraction of sp³-hybridized carbons (Fsp3) is 0.400. The molecule has 0 aromatic heterocycles. The molecule has 0 saturated heterocycles. The Morgan fingerprint density at radius 2 is 1.93 bits per heavy atom. The molecule has 4 heteroatoms. The SMILES string of the molecule is Cc1ccccc1S(=O)(=S)OC(C)C. The average molecular weight is 230 g/mol. The molecular formula is C10H14O2S2. The van der Waals surface area contributed by atoms with Gasteiger partial charge < -0.3 is 0 Å². The summed E-state index contributed by atoms with van der Waals surface area (Å²) in [6, 6.07) is 7.34. The molecule has 0 heterocycles. The van der Waals surface area contributed by atoms with E-state index in [4.69, 9.17) is 15.4 Å². The number of hydrogen-bond donors (Lipinski definition) is 0. The fourth-order valence-corrected chi connectivity index (χ4v) is 3.49. The van der Waals surface area contributed by atoms with E-state index in [9.17, 15) is 4.21 Å². The summed E-state index contributed by atoms with van der Waals surface area (Å²) in [4.78, 5) is 0.615. The molecule has 0 N–H and O–H groups in total. The predicted molar refractivity (Wildman–Crippen MR) is 61.2 cm³/mol. The Bertz CT molecular complexity index is 408. The van der Waals surface area contributed by atoms with Crippen LogP contribution in [0.4, 0.5) is 0 Å². The van der Waals surface area contributed by atoms with Gasteiger partial charge in [-0.05, 0) is 32.4 Å². The molecule has 1 aromatic carbocycles. The predicted octanol–water partition coefficient (Wildman–Crippen LogP) is 2.44. The molecule has 0 radical (unpaired) electrons. The Morgan fingerprint density at radius 3 is 2.43 bits per heavy atom. The summed E-state index contributed by atoms with van der Waals surface area (Å²) in [6.07, 6.45) is -0.125. The quantitative estimate of drug-likeness (QED) is 0.798. The Labute approximate surface area is 90.2 Å². The van der Waals surface area contributed by atoms with Crippen molar-refractivity contribution < 1.29 is 8.39 Å². The van der Waals surface area contributed by atoms with Crippen LogP contribution in [0, 0.1) is 6.92 Å². The minimum absolute atomic E-state index is 0.125. The molecule has 1 rings (SSSR count). The molecule has 1 atom stereocenters.